The number of nitrogens with one attached hydrogen (secondary N) is 1. The Morgan fingerprint density at radius 1 is 1.43 bits per heavy atom. The molecule has 28 heavy (non-hydrogen) atoms. The summed E-state index contributed by atoms with van der Waals surface area (Å²) in [5, 5.41) is 7.60. The van der Waals surface area contributed by atoms with Gasteiger partial charge in [0, 0.05) is 13.0 Å². The lowest BCUT2D eigenvalue weighted by Gasteiger charge is -2.12. The van der Waals surface area contributed by atoms with Gasteiger partial charge >= 0.3 is 5.97 Å². The summed E-state index contributed by atoms with van der Waals surface area (Å²) in [4.78, 5) is 40.8. The third-order valence-corrected chi connectivity index (χ3v) is 4.28. The van der Waals surface area contributed by atoms with E-state index in [-0.39, 0.29) is 17.0 Å². The number of esters is 1. The Bertz CT molecular complexity index is 1150. The lowest BCUT2D eigenvalue weighted by Crippen LogP contribution is -2.19. The third kappa shape index (κ3) is 3.86. The first-order valence-electron chi connectivity index (χ1n) is 8.34. The monoisotopic (exact) mass is 403 g/mol. The fourth-order valence-electron chi connectivity index (χ4n) is 2.74. The Morgan fingerprint density at radius 3 is 2.64 bits per heavy atom. The Labute approximate surface area is 163 Å². The second-order valence-corrected chi connectivity index (χ2v) is 6.49. The highest BCUT2D eigenvalue weighted by Gasteiger charge is 2.29. The summed E-state index contributed by atoms with van der Waals surface area (Å²) in [5.74, 6) is -0.948. The summed E-state index contributed by atoms with van der Waals surface area (Å²) in [7, 11) is 1.27. The molecule has 0 saturated heterocycles. The minimum Gasteiger partial charge on any atom is -0.481 e. The number of fused-ring (bicyclic) bond motifs is 1. The normalized spacial score (nSPS) is 12.9. The van der Waals surface area contributed by atoms with E-state index in [4.69, 9.17) is 31.3 Å². The Morgan fingerprint density at radius 2 is 2.11 bits per heavy atom. The van der Waals surface area contributed by atoms with Gasteiger partial charge < -0.3 is 14.3 Å². The number of nitrogens with zero attached hydrogens (tertiary/aromatic N) is 2. The largest absolute Gasteiger partial charge is 0.481 e. The van der Waals surface area contributed by atoms with Crippen LogP contribution in [0.1, 0.15) is 36.2 Å². The molecule has 0 aromatic carbocycles. The maximum atomic E-state index is 12.4. The first kappa shape index (κ1) is 19.5. The number of carboxylic acid groups (broad SMARTS) is 1. The van der Waals surface area contributed by atoms with Gasteiger partial charge in [-0.25, -0.2) is 9.78 Å². The molecule has 9 nitrogen and oxygen atoms in total. The van der Waals surface area contributed by atoms with Gasteiger partial charge in [-0.3, -0.25) is 19.1 Å². The standard InChI is InChI=1S/C16H13N3O4S.C2H4O2/c1-22-15(21)9-7-10(11-3-2-6-23-11)17-13-12(9)14(20)18-16(24)19(13)8-4-5-8;1-2(3)4/h2-3,6-8H,4-5H2,1H3,(H,18,20,24);1H3,(H,3,4). The number of carboxylic acids is 1. The molecule has 10 heteroatoms. The van der Waals surface area contributed by atoms with Crippen molar-refractivity contribution in [3.8, 4) is 11.5 Å². The van der Waals surface area contributed by atoms with Crippen LogP contribution < -0.4 is 5.56 Å². The lowest BCUT2D eigenvalue weighted by atomic mass is 10.1. The molecule has 1 fully saturated rings. The van der Waals surface area contributed by atoms with Gasteiger partial charge in [-0.2, -0.15) is 0 Å². The average molecular weight is 403 g/mol. The van der Waals surface area contributed by atoms with Crippen molar-refractivity contribution in [2.75, 3.05) is 7.11 Å². The number of aliphatic carboxylic acids is 1. The molecule has 0 aliphatic heterocycles. The van der Waals surface area contributed by atoms with Gasteiger partial charge in [-0.05, 0) is 43.3 Å². The SMILES string of the molecule is CC(=O)O.COC(=O)c1cc(-c2ccco2)nc2c1c(=O)[nH]c(=S)n2C1CC1. The zero-order valence-corrected chi connectivity index (χ0v) is 15.9. The number of carbonyl (C=O) groups is 2. The second-order valence-electron chi connectivity index (χ2n) is 6.10. The number of H-pyrrole nitrogens is 1. The van der Waals surface area contributed by atoms with Crippen LogP contribution in [-0.4, -0.2) is 38.7 Å². The summed E-state index contributed by atoms with van der Waals surface area (Å²) in [6, 6.07) is 5.15. The minimum absolute atomic E-state index is 0.138. The molecule has 0 radical (unpaired) electrons. The molecule has 0 unspecified atom stereocenters. The van der Waals surface area contributed by atoms with Crippen LogP contribution in [-0.2, 0) is 9.53 Å². The van der Waals surface area contributed by atoms with E-state index in [0.717, 1.165) is 19.8 Å². The highest BCUT2D eigenvalue weighted by Crippen LogP contribution is 2.37. The van der Waals surface area contributed by atoms with Crippen LogP contribution in [0.3, 0.4) is 0 Å². The van der Waals surface area contributed by atoms with Crippen molar-refractivity contribution in [2.24, 2.45) is 0 Å². The average Bonchev–Trinajstić information content (AvgIpc) is 3.31. The molecule has 4 rings (SSSR count). The molecule has 0 amide bonds. The van der Waals surface area contributed by atoms with E-state index in [2.05, 4.69) is 9.97 Å². The van der Waals surface area contributed by atoms with Gasteiger partial charge in [0.15, 0.2) is 10.5 Å². The summed E-state index contributed by atoms with van der Waals surface area (Å²) >= 11 is 5.29. The zero-order valence-electron chi connectivity index (χ0n) is 15.1. The maximum absolute atomic E-state index is 12.4. The Balaban J connectivity index is 0.000000516. The number of furan rings is 1. The van der Waals surface area contributed by atoms with Gasteiger partial charge in [0.2, 0.25) is 0 Å². The number of methoxy groups -OCH3 is 1. The minimum atomic E-state index is -0.833. The number of ether oxygens (including phenoxy) is 1. The van der Waals surface area contributed by atoms with Crippen LogP contribution in [0.2, 0.25) is 0 Å². The van der Waals surface area contributed by atoms with E-state index in [9.17, 15) is 9.59 Å². The van der Waals surface area contributed by atoms with Crippen LogP contribution in [0.4, 0.5) is 0 Å². The topological polar surface area (TPSA) is 127 Å². The number of hydrogen-bond acceptors (Lipinski definition) is 7. The van der Waals surface area contributed by atoms with Crippen molar-refractivity contribution >= 4 is 35.2 Å². The number of aromatic amines is 1. The van der Waals surface area contributed by atoms with E-state index in [1.54, 1.807) is 16.7 Å². The molecule has 3 aromatic heterocycles. The van der Waals surface area contributed by atoms with Crippen LogP contribution in [0.25, 0.3) is 22.5 Å². The molecule has 1 saturated carbocycles. The summed E-state index contributed by atoms with van der Waals surface area (Å²) in [6.07, 6.45) is 3.43. The number of pyridine rings is 1. The quantitative estimate of drug-likeness (QED) is 0.505. The smallest absolute Gasteiger partial charge is 0.338 e. The molecular weight excluding hydrogens is 386 g/mol. The van der Waals surface area contributed by atoms with E-state index in [1.165, 1.54) is 19.4 Å². The molecule has 146 valence electrons. The fourth-order valence-corrected chi connectivity index (χ4v) is 3.07. The second kappa shape index (κ2) is 7.77. The van der Waals surface area contributed by atoms with Crippen molar-refractivity contribution < 1.29 is 23.8 Å². The molecular formula is C18H17N3O6S. The molecule has 3 heterocycles. The lowest BCUT2D eigenvalue weighted by molar-refractivity contribution is -0.134. The van der Waals surface area contributed by atoms with Gasteiger partial charge in [0.25, 0.3) is 11.5 Å². The van der Waals surface area contributed by atoms with Crippen molar-refractivity contribution in [3.63, 3.8) is 0 Å². The van der Waals surface area contributed by atoms with Gasteiger partial charge in [-0.1, -0.05) is 0 Å². The van der Waals surface area contributed by atoms with Crippen LogP contribution in [0.15, 0.2) is 33.7 Å². The first-order chi connectivity index (χ1) is 13.3. The summed E-state index contributed by atoms with van der Waals surface area (Å²) < 4.78 is 12.3. The van der Waals surface area contributed by atoms with Crippen LogP contribution in [0.5, 0.6) is 0 Å². The molecule has 1 aliphatic rings. The van der Waals surface area contributed by atoms with E-state index in [1.807, 2.05) is 0 Å². The van der Waals surface area contributed by atoms with E-state index in [0.29, 0.717) is 21.9 Å². The van der Waals surface area contributed by atoms with Gasteiger partial charge in [0.1, 0.15) is 11.3 Å². The third-order valence-electron chi connectivity index (χ3n) is 3.99. The van der Waals surface area contributed by atoms with E-state index >= 15 is 0 Å². The number of carbonyl (C=O) groups excluding carboxylic acids is 1. The van der Waals surface area contributed by atoms with Crippen LogP contribution >= 0.6 is 12.2 Å². The summed E-state index contributed by atoms with van der Waals surface area (Å²) in [6.45, 7) is 1.08. The molecule has 2 N–H and O–H groups in total. The predicted molar refractivity (Wildman–Crippen MR) is 102 cm³/mol. The highest BCUT2D eigenvalue weighted by atomic mass is 32.1. The molecule has 0 atom stereocenters. The van der Waals surface area contributed by atoms with Crippen molar-refractivity contribution in [3.05, 3.63) is 45.2 Å². The number of hydrogen-bond donors (Lipinski definition) is 2. The maximum Gasteiger partial charge on any atom is 0.338 e. The zero-order chi connectivity index (χ0) is 20.4. The van der Waals surface area contributed by atoms with Gasteiger partial charge in [-0.15, -0.1) is 0 Å². The molecule has 0 bridgehead atoms. The Kier molecular flexibility index (Phi) is 5.41. The van der Waals surface area contributed by atoms with Crippen molar-refractivity contribution in [1.82, 2.24) is 14.5 Å². The van der Waals surface area contributed by atoms with Crippen molar-refractivity contribution in [2.45, 2.75) is 25.8 Å². The first-order valence-corrected chi connectivity index (χ1v) is 8.75. The molecule has 1 aliphatic carbocycles. The Hall–Kier alpha value is -3.27. The van der Waals surface area contributed by atoms with E-state index < -0.39 is 17.5 Å². The number of aromatic nitrogens is 3. The molecule has 0 spiro atoms. The van der Waals surface area contributed by atoms with Crippen molar-refractivity contribution in [1.29, 1.82) is 0 Å². The molecule has 3 aromatic rings. The number of rotatable bonds is 3. The van der Waals surface area contributed by atoms with Crippen LogP contribution in [0, 0.1) is 4.77 Å². The van der Waals surface area contributed by atoms with Gasteiger partial charge in [0.05, 0.1) is 24.3 Å². The fraction of sp³-hybridized carbons (Fsp3) is 0.278. The predicted octanol–water partition coefficient (Wildman–Crippen LogP) is 2.93. The highest BCUT2D eigenvalue weighted by molar-refractivity contribution is 7.71. The summed E-state index contributed by atoms with van der Waals surface area (Å²) in [5.41, 5.74) is 0.508.